The number of pyridine rings is 1. The van der Waals surface area contributed by atoms with Crippen molar-refractivity contribution in [3.8, 4) is 0 Å². The van der Waals surface area contributed by atoms with Crippen LogP contribution in [0.4, 0.5) is 0 Å². The molecule has 1 aliphatic rings. The van der Waals surface area contributed by atoms with Crippen LogP contribution in [0.25, 0.3) is 0 Å². The van der Waals surface area contributed by atoms with Gasteiger partial charge in [-0.05, 0) is 36.8 Å². The fourth-order valence-corrected chi connectivity index (χ4v) is 1.75. The lowest BCUT2D eigenvalue weighted by atomic mass is 10.2. The third-order valence-corrected chi connectivity index (χ3v) is 2.99. The van der Waals surface area contributed by atoms with E-state index in [9.17, 15) is 4.79 Å². The molecule has 0 aromatic carbocycles. The first-order chi connectivity index (χ1) is 7.77. The Hall–Kier alpha value is -1.38. The summed E-state index contributed by atoms with van der Waals surface area (Å²) >= 11 is 0. The van der Waals surface area contributed by atoms with Gasteiger partial charge >= 0.3 is 5.97 Å². The average molecular weight is 219 g/mol. The SMILES string of the molecule is CC1CC1C(=O)OCCCc1cccnc1. The van der Waals surface area contributed by atoms with Crippen molar-refractivity contribution in [3.63, 3.8) is 0 Å². The Balaban J connectivity index is 1.60. The van der Waals surface area contributed by atoms with E-state index in [4.69, 9.17) is 4.74 Å². The predicted molar refractivity (Wildman–Crippen MR) is 60.8 cm³/mol. The van der Waals surface area contributed by atoms with Gasteiger partial charge < -0.3 is 4.74 Å². The Morgan fingerprint density at radius 1 is 1.62 bits per heavy atom. The molecule has 0 amide bonds. The summed E-state index contributed by atoms with van der Waals surface area (Å²) in [6.07, 6.45) is 6.41. The normalized spacial score (nSPS) is 22.8. The average Bonchev–Trinajstić information content (AvgIpc) is 3.03. The molecular weight excluding hydrogens is 202 g/mol. The lowest BCUT2D eigenvalue weighted by molar-refractivity contribution is -0.145. The van der Waals surface area contributed by atoms with Gasteiger partial charge in [-0.3, -0.25) is 9.78 Å². The first kappa shape index (κ1) is 11.1. The zero-order valence-electron chi connectivity index (χ0n) is 9.56. The van der Waals surface area contributed by atoms with Crippen LogP contribution >= 0.6 is 0 Å². The summed E-state index contributed by atoms with van der Waals surface area (Å²) < 4.78 is 5.20. The molecule has 86 valence electrons. The van der Waals surface area contributed by atoms with E-state index in [1.807, 2.05) is 18.3 Å². The standard InChI is InChI=1S/C13H17NO2/c1-10-8-12(10)13(15)16-7-3-5-11-4-2-6-14-9-11/h2,4,6,9-10,12H,3,5,7-8H2,1H3. The maximum Gasteiger partial charge on any atom is 0.309 e. The molecule has 0 spiro atoms. The zero-order valence-corrected chi connectivity index (χ0v) is 9.56. The lowest BCUT2D eigenvalue weighted by Gasteiger charge is -2.03. The van der Waals surface area contributed by atoms with Gasteiger partial charge in [-0.1, -0.05) is 13.0 Å². The number of aryl methyl sites for hydroxylation is 1. The Morgan fingerprint density at radius 2 is 2.44 bits per heavy atom. The first-order valence-electron chi connectivity index (χ1n) is 5.83. The second-order valence-corrected chi connectivity index (χ2v) is 4.45. The molecule has 2 unspecified atom stereocenters. The van der Waals surface area contributed by atoms with Crippen LogP contribution in [0.5, 0.6) is 0 Å². The Labute approximate surface area is 95.8 Å². The van der Waals surface area contributed by atoms with Crippen molar-refractivity contribution in [1.29, 1.82) is 0 Å². The van der Waals surface area contributed by atoms with Crippen LogP contribution in [0, 0.1) is 11.8 Å². The van der Waals surface area contributed by atoms with Gasteiger partial charge in [0, 0.05) is 12.4 Å². The van der Waals surface area contributed by atoms with E-state index in [0.717, 1.165) is 19.3 Å². The van der Waals surface area contributed by atoms with Gasteiger partial charge in [0.25, 0.3) is 0 Å². The molecular formula is C13H17NO2. The maximum absolute atomic E-state index is 11.4. The van der Waals surface area contributed by atoms with Crippen LogP contribution in [-0.2, 0) is 16.0 Å². The quantitative estimate of drug-likeness (QED) is 0.563. The second-order valence-electron chi connectivity index (χ2n) is 4.45. The molecule has 1 heterocycles. The van der Waals surface area contributed by atoms with Crippen molar-refractivity contribution in [2.75, 3.05) is 6.61 Å². The van der Waals surface area contributed by atoms with E-state index in [0.29, 0.717) is 12.5 Å². The lowest BCUT2D eigenvalue weighted by Crippen LogP contribution is -2.09. The molecule has 3 nitrogen and oxygen atoms in total. The molecule has 0 aliphatic heterocycles. The van der Waals surface area contributed by atoms with Gasteiger partial charge in [0.05, 0.1) is 12.5 Å². The van der Waals surface area contributed by atoms with Crippen LogP contribution in [0.1, 0.15) is 25.3 Å². The summed E-state index contributed by atoms with van der Waals surface area (Å²) in [5, 5.41) is 0. The van der Waals surface area contributed by atoms with E-state index < -0.39 is 0 Å². The Morgan fingerprint density at radius 3 is 3.06 bits per heavy atom. The van der Waals surface area contributed by atoms with Crippen LogP contribution in [-0.4, -0.2) is 17.6 Å². The molecule has 2 rings (SSSR count). The number of carbonyl (C=O) groups is 1. The van der Waals surface area contributed by atoms with E-state index in [-0.39, 0.29) is 11.9 Å². The molecule has 0 N–H and O–H groups in total. The van der Waals surface area contributed by atoms with Crippen LogP contribution < -0.4 is 0 Å². The summed E-state index contributed by atoms with van der Waals surface area (Å²) in [6.45, 7) is 2.61. The summed E-state index contributed by atoms with van der Waals surface area (Å²) in [5.41, 5.74) is 1.19. The molecule has 0 saturated heterocycles. The van der Waals surface area contributed by atoms with E-state index in [2.05, 4.69) is 11.9 Å². The fraction of sp³-hybridized carbons (Fsp3) is 0.538. The highest BCUT2D eigenvalue weighted by Crippen LogP contribution is 2.38. The summed E-state index contributed by atoms with van der Waals surface area (Å²) in [5.74, 6) is 0.697. The van der Waals surface area contributed by atoms with Crippen LogP contribution in [0.15, 0.2) is 24.5 Å². The molecule has 1 aromatic rings. The topological polar surface area (TPSA) is 39.2 Å². The van der Waals surface area contributed by atoms with Crippen molar-refractivity contribution in [2.45, 2.75) is 26.2 Å². The van der Waals surface area contributed by atoms with Crippen LogP contribution in [0.3, 0.4) is 0 Å². The van der Waals surface area contributed by atoms with Crippen molar-refractivity contribution >= 4 is 5.97 Å². The number of hydrogen-bond acceptors (Lipinski definition) is 3. The first-order valence-corrected chi connectivity index (χ1v) is 5.83. The molecule has 1 saturated carbocycles. The number of esters is 1. The maximum atomic E-state index is 11.4. The molecule has 0 bridgehead atoms. The number of rotatable bonds is 5. The van der Waals surface area contributed by atoms with E-state index in [1.165, 1.54) is 5.56 Å². The molecule has 0 radical (unpaired) electrons. The van der Waals surface area contributed by atoms with Gasteiger partial charge in [0.1, 0.15) is 0 Å². The monoisotopic (exact) mass is 219 g/mol. The van der Waals surface area contributed by atoms with Crippen LogP contribution in [0.2, 0.25) is 0 Å². The predicted octanol–water partition coefficient (Wildman–Crippen LogP) is 2.21. The summed E-state index contributed by atoms with van der Waals surface area (Å²) in [7, 11) is 0. The van der Waals surface area contributed by atoms with Gasteiger partial charge in [0.2, 0.25) is 0 Å². The van der Waals surface area contributed by atoms with Crippen molar-refractivity contribution in [2.24, 2.45) is 11.8 Å². The van der Waals surface area contributed by atoms with E-state index in [1.54, 1.807) is 6.20 Å². The van der Waals surface area contributed by atoms with Crippen molar-refractivity contribution < 1.29 is 9.53 Å². The minimum atomic E-state index is -0.0151. The third-order valence-electron chi connectivity index (χ3n) is 2.99. The highest BCUT2D eigenvalue weighted by molar-refractivity contribution is 5.75. The number of carbonyl (C=O) groups excluding carboxylic acids is 1. The highest BCUT2D eigenvalue weighted by atomic mass is 16.5. The molecule has 1 aromatic heterocycles. The molecule has 16 heavy (non-hydrogen) atoms. The van der Waals surface area contributed by atoms with Crippen molar-refractivity contribution in [3.05, 3.63) is 30.1 Å². The summed E-state index contributed by atoms with van der Waals surface area (Å²) in [6, 6.07) is 3.96. The molecule has 1 aliphatic carbocycles. The zero-order chi connectivity index (χ0) is 11.4. The van der Waals surface area contributed by atoms with Gasteiger partial charge in [-0.2, -0.15) is 0 Å². The smallest absolute Gasteiger partial charge is 0.309 e. The molecule has 3 heteroatoms. The highest BCUT2D eigenvalue weighted by Gasteiger charge is 2.40. The number of aromatic nitrogens is 1. The fourth-order valence-electron chi connectivity index (χ4n) is 1.75. The van der Waals surface area contributed by atoms with Gasteiger partial charge in [-0.25, -0.2) is 0 Å². The summed E-state index contributed by atoms with van der Waals surface area (Å²) in [4.78, 5) is 15.4. The molecule has 1 fully saturated rings. The Bertz CT molecular complexity index is 350. The van der Waals surface area contributed by atoms with Crippen molar-refractivity contribution in [1.82, 2.24) is 4.98 Å². The second kappa shape index (κ2) is 5.10. The largest absolute Gasteiger partial charge is 0.465 e. The number of ether oxygens (including phenoxy) is 1. The van der Waals surface area contributed by atoms with Gasteiger partial charge in [-0.15, -0.1) is 0 Å². The van der Waals surface area contributed by atoms with Gasteiger partial charge in [0.15, 0.2) is 0 Å². The Kier molecular flexibility index (Phi) is 3.54. The minimum absolute atomic E-state index is 0.0151. The molecule has 2 atom stereocenters. The van der Waals surface area contributed by atoms with E-state index >= 15 is 0 Å². The number of hydrogen-bond donors (Lipinski definition) is 0. The minimum Gasteiger partial charge on any atom is -0.465 e. The third kappa shape index (κ3) is 3.05. The number of nitrogens with zero attached hydrogens (tertiary/aromatic N) is 1.